The molecule has 0 atom stereocenters. The SMILES string of the molecule is C=C(C)c1cc2c(s1)-c1ccccc1CC2. The molecule has 0 aliphatic heterocycles. The lowest BCUT2D eigenvalue weighted by Gasteiger charge is -2.15. The van der Waals surface area contributed by atoms with E-state index in [1.54, 1.807) is 0 Å². The summed E-state index contributed by atoms with van der Waals surface area (Å²) in [5, 5.41) is 0. The Morgan fingerprint density at radius 1 is 1.19 bits per heavy atom. The largest absolute Gasteiger partial charge is 0.135 e. The van der Waals surface area contributed by atoms with Crippen LogP contribution < -0.4 is 0 Å². The Labute approximate surface area is 100 Å². The van der Waals surface area contributed by atoms with Crippen molar-refractivity contribution in [3.8, 4) is 10.4 Å². The van der Waals surface area contributed by atoms with Gasteiger partial charge in [-0.3, -0.25) is 0 Å². The van der Waals surface area contributed by atoms with Crippen molar-refractivity contribution in [2.24, 2.45) is 0 Å². The van der Waals surface area contributed by atoms with Crippen LogP contribution in [0.3, 0.4) is 0 Å². The molecule has 1 aromatic heterocycles. The number of allylic oxidation sites excluding steroid dienone is 1. The summed E-state index contributed by atoms with van der Waals surface area (Å²) in [6.07, 6.45) is 2.35. The number of rotatable bonds is 1. The molecule has 16 heavy (non-hydrogen) atoms. The molecule has 0 saturated heterocycles. The highest BCUT2D eigenvalue weighted by atomic mass is 32.1. The van der Waals surface area contributed by atoms with Crippen LogP contribution in [-0.4, -0.2) is 0 Å². The van der Waals surface area contributed by atoms with E-state index in [4.69, 9.17) is 0 Å². The number of hydrogen-bond acceptors (Lipinski definition) is 1. The summed E-state index contributed by atoms with van der Waals surface area (Å²) in [6.45, 7) is 6.12. The smallest absolute Gasteiger partial charge is 0.0384 e. The monoisotopic (exact) mass is 226 g/mol. The van der Waals surface area contributed by atoms with Crippen molar-refractivity contribution in [3.63, 3.8) is 0 Å². The van der Waals surface area contributed by atoms with Crippen molar-refractivity contribution in [3.05, 3.63) is 52.9 Å². The van der Waals surface area contributed by atoms with Gasteiger partial charge in [0.1, 0.15) is 0 Å². The predicted molar refractivity (Wildman–Crippen MR) is 71.9 cm³/mol. The van der Waals surface area contributed by atoms with E-state index in [-0.39, 0.29) is 0 Å². The van der Waals surface area contributed by atoms with Crippen LogP contribution in [0.2, 0.25) is 0 Å². The van der Waals surface area contributed by atoms with Crippen LogP contribution in [-0.2, 0) is 12.8 Å². The molecule has 2 aromatic rings. The molecular formula is C15H14S. The third kappa shape index (κ3) is 1.43. The van der Waals surface area contributed by atoms with Gasteiger partial charge < -0.3 is 0 Å². The molecule has 0 nitrogen and oxygen atoms in total. The van der Waals surface area contributed by atoms with Gasteiger partial charge in [-0.05, 0) is 48.1 Å². The minimum atomic E-state index is 1.18. The maximum absolute atomic E-state index is 4.04. The van der Waals surface area contributed by atoms with Gasteiger partial charge in [-0.25, -0.2) is 0 Å². The minimum absolute atomic E-state index is 1.18. The summed E-state index contributed by atoms with van der Waals surface area (Å²) in [5.74, 6) is 0. The van der Waals surface area contributed by atoms with Crippen LogP contribution in [0.25, 0.3) is 16.0 Å². The second-order valence-electron chi connectivity index (χ2n) is 4.40. The number of benzene rings is 1. The van der Waals surface area contributed by atoms with Crippen molar-refractivity contribution in [1.29, 1.82) is 0 Å². The lowest BCUT2D eigenvalue weighted by molar-refractivity contribution is 0.950. The lowest BCUT2D eigenvalue weighted by Crippen LogP contribution is -2.00. The van der Waals surface area contributed by atoms with Crippen LogP contribution in [0.15, 0.2) is 36.9 Å². The maximum atomic E-state index is 4.04. The van der Waals surface area contributed by atoms with Crippen molar-refractivity contribution in [2.75, 3.05) is 0 Å². The fraction of sp³-hybridized carbons (Fsp3) is 0.200. The molecule has 1 aliphatic rings. The van der Waals surface area contributed by atoms with Gasteiger partial charge in [-0.2, -0.15) is 0 Å². The van der Waals surface area contributed by atoms with Crippen LogP contribution in [0.4, 0.5) is 0 Å². The fourth-order valence-corrected chi connectivity index (χ4v) is 3.48. The second kappa shape index (κ2) is 3.60. The Morgan fingerprint density at radius 2 is 1.94 bits per heavy atom. The molecule has 0 bridgehead atoms. The van der Waals surface area contributed by atoms with Gasteiger partial charge >= 0.3 is 0 Å². The minimum Gasteiger partial charge on any atom is -0.135 e. The number of thiophene rings is 1. The van der Waals surface area contributed by atoms with Gasteiger partial charge in [0.2, 0.25) is 0 Å². The Balaban J connectivity index is 2.20. The quantitative estimate of drug-likeness (QED) is 0.669. The number of hydrogen-bond donors (Lipinski definition) is 0. The first-order valence-corrected chi connectivity index (χ1v) is 6.44. The molecule has 0 saturated carbocycles. The third-order valence-corrected chi connectivity index (χ3v) is 4.53. The summed E-state index contributed by atoms with van der Waals surface area (Å²) >= 11 is 1.89. The zero-order chi connectivity index (χ0) is 11.1. The first-order chi connectivity index (χ1) is 7.75. The average molecular weight is 226 g/mol. The second-order valence-corrected chi connectivity index (χ2v) is 5.45. The summed E-state index contributed by atoms with van der Waals surface area (Å²) in [5.41, 5.74) is 5.60. The van der Waals surface area contributed by atoms with Gasteiger partial charge in [-0.1, -0.05) is 30.8 Å². The van der Waals surface area contributed by atoms with E-state index in [0.29, 0.717) is 0 Å². The lowest BCUT2D eigenvalue weighted by atomic mass is 9.91. The van der Waals surface area contributed by atoms with Gasteiger partial charge in [-0.15, -0.1) is 11.3 Å². The van der Waals surface area contributed by atoms with Gasteiger partial charge in [0.05, 0.1) is 0 Å². The van der Waals surface area contributed by atoms with Gasteiger partial charge in [0, 0.05) is 9.75 Å². The van der Waals surface area contributed by atoms with Gasteiger partial charge in [0.25, 0.3) is 0 Å². The first-order valence-electron chi connectivity index (χ1n) is 5.62. The van der Waals surface area contributed by atoms with Crippen molar-refractivity contribution >= 4 is 16.9 Å². The molecular weight excluding hydrogens is 212 g/mol. The molecule has 0 fully saturated rings. The summed E-state index contributed by atoms with van der Waals surface area (Å²) in [6, 6.07) is 11.1. The van der Waals surface area contributed by atoms with E-state index in [2.05, 4.69) is 43.8 Å². The zero-order valence-corrected chi connectivity index (χ0v) is 10.2. The fourth-order valence-electron chi connectivity index (χ4n) is 2.28. The Bertz CT molecular complexity index is 561. The Morgan fingerprint density at radius 3 is 2.75 bits per heavy atom. The molecule has 3 rings (SSSR count). The van der Waals surface area contributed by atoms with E-state index in [1.165, 1.54) is 44.9 Å². The molecule has 80 valence electrons. The summed E-state index contributed by atoms with van der Waals surface area (Å²) < 4.78 is 0. The molecule has 0 N–H and O–H groups in total. The highest BCUT2D eigenvalue weighted by Crippen LogP contribution is 2.40. The van der Waals surface area contributed by atoms with E-state index < -0.39 is 0 Å². The molecule has 1 heteroatoms. The first kappa shape index (κ1) is 9.86. The van der Waals surface area contributed by atoms with Crippen molar-refractivity contribution in [1.82, 2.24) is 0 Å². The van der Waals surface area contributed by atoms with Crippen LogP contribution in [0.1, 0.15) is 22.9 Å². The van der Waals surface area contributed by atoms with E-state index >= 15 is 0 Å². The Hall–Kier alpha value is -1.34. The van der Waals surface area contributed by atoms with Crippen molar-refractivity contribution < 1.29 is 0 Å². The number of fused-ring (bicyclic) bond motifs is 3. The molecule has 0 radical (unpaired) electrons. The van der Waals surface area contributed by atoms with Crippen LogP contribution in [0.5, 0.6) is 0 Å². The molecule has 0 spiro atoms. The van der Waals surface area contributed by atoms with Gasteiger partial charge in [0.15, 0.2) is 0 Å². The highest BCUT2D eigenvalue weighted by molar-refractivity contribution is 7.16. The molecule has 0 amide bonds. The van der Waals surface area contributed by atoms with E-state index in [0.717, 1.165) is 0 Å². The zero-order valence-electron chi connectivity index (χ0n) is 9.42. The summed E-state index contributed by atoms with van der Waals surface area (Å²) in [4.78, 5) is 2.79. The third-order valence-electron chi connectivity index (χ3n) is 3.16. The summed E-state index contributed by atoms with van der Waals surface area (Å²) in [7, 11) is 0. The van der Waals surface area contributed by atoms with Crippen LogP contribution in [0, 0.1) is 0 Å². The predicted octanol–water partition coefficient (Wildman–Crippen LogP) is 4.55. The molecule has 1 heterocycles. The standard InChI is InChI=1S/C15H14S/c1-10(2)14-9-12-8-7-11-5-3-4-6-13(11)15(12)16-14/h3-6,9H,1,7-8H2,2H3. The molecule has 1 aromatic carbocycles. The normalized spacial score (nSPS) is 13.1. The maximum Gasteiger partial charge on any atom is 0.0384 e. The Kier molecular flexibility index (Phi) is 2.22. The number of aryl methyl sites for hydroxylation is 2. The molecule has 0 unspecified atom stereocenters. The van der Waals surface area contributed by atoms with Crippen LogP contribution >= 0.6 is 11.3 Å². The highest BCUT2D eigenvalue weighted by Gasteiger charge is 2.18. The van der Waals surface area contributed by atoms with Crippen molar-refractivity contribution in [2.45, 2.75) is 19.8 Å². The topological polar surface area (TPSA) is 0 Å². The average Bonchev–Trinajstić information content (AvgIpc) is 2.73. The van der Waals surface area contributed by atoms with E-state index in [1.807, 2.05) is 11.3 Å². The van der Waals surface area contributed by atoms with E-state index in [9.17, 15) is 0 Å². The molecule has 1 aliphatic carbocycles.